The summed E-state index contributed by atoms with van der Waals surface area (Å²) in [5, 5.41) is 1.12. The Bertz CT molecular complexity index is 902. The van der Waals surface area contributed by atoms with Gasteiger partial charge in [-0.05, 0) is 43.9 Å². The van der Waals surface area contributed by atoms with E-state index in [1.165, 1.54) is 18.2 Å². The Morgan fingerprint density at radius 1 is 1.39 bits per heavy atom. The summed E-state index contributed by atoms with van der Waals surface area (Å²) in [7, 11) is 1.60. The molecule has 0 aliphatic carbocycles. The van der Waals surface area contributed by atoms with Gasteiger partial charge in [0.2, 0.25) is 5.91 Å². The minimum atomic E-state index is -0.109. The highest BCUT2D eigenvalue weighted by atomic mass is 79.9. The zero-order chi connectivity index (χ0) is 20.1. The van der Waals surface area contributed by atoms with Gasteiger partial charge in [-0.25, -0.2) is 4.98 Å². The maximum Gasteiger partial charge on any atom is 0.262 e. The van der Waals surface area contributed by atoms with Gasteiger partial charge in [0, 0.05) is 24.2 Å². The number of carbonyl (C=O) groups excluding carboxylic acids is 1. The van der Waals surface area contributed by atoms with Crippen LogP contribution in [0.15, 0.2) is 32.6 Å². The van der Waals surface area contributed by atoms with Gasteiger partial charge in [0.25, 0.3) is 5.56 Å². The standard InChI is InChI=1S/C20H26BrN3O3S/c1-3-15-6-4-5-9-23(15)18(25)13-28-20-22-17-8-7-14(21)12-16(17)19(26)24(20)10-11-27-2/h7-8,12,15H,3-6,9-11,13H2,1-2H3. The Kier molecular flexibility index (Phi) is 7.54. The number of likely N-dealkylation sites (tertiary alicyclic amines) is 1. The monoisotopic (exact) mass is 467 g/mol. The van der Waals surface area contributed by atoms with Gasteiger partial charge in [0.15, 0.2) is 5.16 Å². The Balaban J connectivity index is 1.85. The van der Waals surface area contributed by atoms with Crippen molar-refractivity contribution in [2.45, 2.75) is 50.4 Å². The van der Waals surface area contributed by atoms with E-state index in [0.717, 1.165) is 30.3 Å². The summed E-state index contributed by atoms with van der Waals surface area (Å²) in [4.78, 5) is 32.5. The number of carbonyl (C=O) groups is 1. The molecule has 1 aliphatic rings. The quantitative estimate of drug-likeness (QED) is 0.458. The Morgan fingerprint density at radius 2 is 2.21 bits per heavy atom. The first-order valence-electron chi connectivity index (χ1n) is 9.66. The molecule has 0 radical (unpaired) electrons. The maximum absolute atomic E-state index is 13.0. The average molecular weight is 468 g/mol. The van der Waals surface area contributed by atoms with Crippen molar-refractivity contribution in [2.24, 2.45) is 0 Å². The molecule has 1 unspecified atom stereocenters. The summed E-state index contributed by atoms with van der Waals surface area (Å²) in [6.45, 7) is 3.78. The minimum Gasteiger partial charge on any atom is -0.383 e. The lowest BCUT2D eigenvalue weighted by Crippen LogP contribution is -2.44. The predicted molar refractivity (Wildman–Crippen MR) is 116 cm³/mol. The Labute approximate surface area is 177 Å². The number of hydrogen-bond donors (Lipinski definition) is 0. The topological polar surface area (TPSA) is 64.4 Å². The van der Waals surface area contributed by atoms with Crippen LogP contribution >= 0.6 is 27.7 Å². The zero-order valence-electron chi connectivity index (χ0n) is 16.3. The number of methoxy groups -OCH3 is 1. The highest BCUT2D eigenvalue weighted by Crippen LogP contribution is 2.24. The highest BCUT2D eigenvalue weighted by Gasteiger charge is 2.25. The van der Waals surface area contributed by atoms with E-state index in [0.29, 0.717) is 35.3 Å². The van der Waals surface area contributed by atoms with Gasteiger partial charge in [-0.2, -0.15) is 0 Å². The van der Waals surface area contributed by atoms with E-state index in [1.807, 2.05) is 17.0 Å². The number of benzene rings is 1. The van der Waals surface area contributed by atoms with Gasteiger partial charge in [-0.1, -0.05) is 34.6 Å². The molecule has 8 heteroatoms. The summed E-state index contributed by atoms with van der Waals surface area (Å²) >= 11 is 4.75. The smallest absolute Gasteiger partial charge is 0.262 e. The number of nitrogens with zero attached hydrogens (tertiary/aromatic N) is 3. The fourth-order valence-electron chi connectivity index (χ4n) is 3.63. The van der Waals surface area contributed by atoms with Crippen LogP contribution in [0, 0.1) is 0 Å². The molecule has 0 N–H and O–H groups in total. The molecule has 1 aromatic heterocycles. The third-order valence-electron chi connectivity index (χ3n) is 5.14. The van der Waals surface area contributed by atoms with Crippen LogP contribution in [0.3, 0.4) is 0 Å². The molecule has 2 aromatic rings. The number of fused-ring (bicyclic) bond motifs is 1. The second kappa shape index (κ2) is 9.89. The molecule has 1 fully saturated rings. The van der Waals surface area contributed by atoms with Crippen LogP contribution in [0.2, 0.25) is 0 Å². The van der Waals surface area contributed by atoms with Gasteiger partial charge in [-0.15, -0.1) is 0 Å². The second-order valence-corrected chi connectivity index (χ2v) is 8.80. The predicted octanol–water partition coefficient (Wildman–Crippen LogP) is 3.69. The van der Waals surface area contributed by atoms with Gasteiger partial charge < -0.3 is 9.64 Å². The number of piperidine rings is 1. The number of thioether (sulfide) groups is 1. The number of hydrogen-bond acceptors (Lipinski definition) is 5. The van der Waals surface area contributed by atoms with Crippen molar-refractivity contribution in [3.8, 4) is 0 Å². The number of ether oxygens (including phenoxy) is 1. The summed E-state index contributed by atoms with van der Waals surface area (Å²) in [6, 6.07) is 5.81. The molecule has 0 bridgehead atoms. The molecule has 1 aliphatic heterocycles. The summed E-state index contributed by atoms with van der Waals surface area (Å²) < 4.78 is 7.61. The van der Waals surface area contributed by atoms with E-state index in [1.54, 1.807) is 17.7 Å². The van der Waals surface area contributed by atoms with Gasteiger partial charge in [0.05, 0.1) is 29.8 Å². The largest absolute Gasteiger partial charge is 0.383 e. The first-order chi connectivity index (χ1) is 13.5. The molecule has 1 atom stereocenters. The van der Waals surface area contributed by atoms with E-state index in [2.05, 4.69) is 27.8 Å². The summed E-state index contributed by atoms with van der Waals surface area (Å²) in [6.07, 6.45) is 4.31. The van der Waals surface area contributed by atoms with Crippen LogP contribution in [0.25, 0.3) is 10.9 Å². The number of aromatic nitrogens is 2. The lowest BCUT2D eigenvalue weighted by atomic mass is 10.0. The Hall–Kier alpha value is -1.38. The van der Waals surface area contributed by atoms with Crippen LogP contribution in [-0.4, -0.2) is 52.4 Å². The molecule has 1 aromatic carbocycles. The van der Waals surface area contributed by atoms with Gasteiger partial charge in [0.1, 0.15) is 0 Å². The molecule has 0 spiro atoms. The van der Waals surface area contributed by atoms with Crippen LogP contribution < -0.4 is 5.56 Å². The van der Waals surface area contributed by atoms with E-state index < -0.39 is 0 Å². The van der Waals surface area contributed by atoms with Gasteiger partial charge >= 0.3 is 0 Å². The molecule has 3 rings (SSSR count). The number of halogens is 1. The van der Waals surface area contributed by atoms with Crippen LogP contribution in [0.4, 0.5) is 0 Å². The molecule has 1 saturated heterocycles. The lowest BCUT2D eigenvalue weighted by molar-refractivity contribution is -0.132. The highest BCUT2D eigenvalue weighted by molar-refractivity contribution is 9.10. The third kappa shape index (κ3) is 4.78. The normalized spacial score (nSPS) is 17.2. The van der Waals surface area contributed by atoms with E-state index in [-0.39, 0.29) is 17.2 Å². The first-order valence-corrected chi connectivity index (χ1v) is 11.4. The molecule has 1 amide bonds. The number of rotatable bonds is 7. The SMILES string of the molecule is CCC1CCCCN1C(=O)CSc1nc2ccc(Br)cc2c(=O)n1CCOC. The molecule has 0 saturated carbocycles. The lowest BCUT2D eigenvalue weighted by Gasteiger charge is -2.35. The van der Waals surface area contributed by atoms with Crippen LogP contribution in [-0.2, 0) is 16.1 Å². The van der Waals surface area contributed by atoms with Crippen molar-refractivity contribution >= 4 is 44.5 Å². The maximum atomic E-state index is 13.0. The van der Waals surface area contributed by atoms with E-state index in [4.69, 9.17) is 4.74 Å². The fourth-order valence-corrected chi connectivity index (χ4v) is 4.90. The average Bonchev–Trinajstić information content (AvgIpc) is 2.72. The summed E-state index contributed by atoms with van der Waals surface area (Å²) in [5.74, 6) is 0.415. The summed E-state index contributed by atoms with van der Waals surface area (Å²) in [5.41, 5.74) is 0.531. The van der Waals surface area contributed by atoms with Crippen molar-refractivity contribution in [1.29, 1.82) is 0 Å². The van der Waals surface area contributed by atoms with Crippen molar-refractivity contribution < 1.29 is 9.53 Å². The van der Waals surface area contributed by atoms with Crippen molar-refractivity contribution in [1.82, 2.24) is 14.5 Å². The van der Waals surface area contributed by atoms with Crippen molar-refractivity contribution in [2.75, 3.05) is 26.0 Å². The second-order valence-electron chi connectivity index (χ2n) is 6.94. The molecule has 28 heavy (non-hydrogen) atoms. The first kappa shape index (κ1) is 21.3. The molecule has 152 valence electrons. The van der Waals surface area contributed by atoms with Crippen LogP contribution in [0.5, 0.6) is 0 Å². The van der Waals surface area contributed by atoms with Crippen molar-refractivity contribution in [3.63, 3.8) is 0 Å². The van der Waals surface area contributed by atoms with E-state index >= 15 is 0 Å². The minimum absolute atomic E-state index is 0.109. The molecular formula is C20H26BrN3O3S. The van der Waals surface area contributed by atoms with Crippen molar-refractivity contribution in [3.05, 3.63) is 33.0 Å². The van der Waals surface area contributed by atoms with E-state index in [9.17, 15) is 9.59 Å². The Morgan fingerprint density at radius 3 is 2.96 bits per heavy atom. The number of amides is 1. The molecular weight excluding hydrogens is 442 g/mol. The zero-order valence-corrected chi connectivity index (χ0v) is 18.7. The molecule has 6 nitrogen and oxygen atoms in total. The fraction of sp³-hybridized carbons (Fsp3) is 0.550. The van der Waals surface area contributed by atoms with Gasteiger partial charge in [-0.3, -0.25) is 14.2 Å². The molecule has 2 heterocycles. The van der Waals surface area contributed by atoms with Crippen LogP contribution in [0.1, 0.15) is 32.6 Å². The third-order valence-corrected chi connectivity index (χ3v) is 6.60.